The van der Waals surface area contributed by atoms with Crippen LogP contribution in [0.4, 0.5) is 33.5 Å². The molecule has 28 heavy (non-hydrogen) atoms. The lowest BCUT2D eigenvalue weighted by molar-refractivity contribution is -0.137. The molecule has 1 aliphatic heterocycles. The van der Waals surface area contributed by atoms with E-state index in [4.69, 9.17) is 0 Å². The number of anilines is 2. The van der Waals surface area contributed by atoms with E-state index in [1.807, 2.05) is 9.80 Å². The Kier molecular flexibility index (Phi) is 5.78. The number of rotatable bonds is 4. The quantitative estimate of drug-likeness (QED) is 0.802. The number of nitrogens with zero attached hydrogens (tertiary/aromatic N) is 3. The molecule has 5 nitrogen and oxygen atoms in total. The molecule has 150 valence electrons. The molecule has 0 aliphatic carbocycles. The van der Waals surface area contributed by atoms with E-state index in [2.05, 4.69) is 10.3 Å². The Labute approximate surface area is 157 Å². The average Bonchev–Trinajstić information content (AvgIpc) is 2.65. The molecule has 2 heterocycles. The van der Waals surface area contributed by atoms with E-state index in [9.17, 15) is 26.7 Å². The van der Waals surface area contributed by atoms with Crippen molar-refractivity contribution in [1.29, 1.82) is 0 Å². The predicted molar refractivity (Wildman–Crippen MR) is 92.9 cm³/mol. The molecule has 0 atom stereocenters. The highest BCUT2D eigenvalue weighted by atomic mass is 19.4. The summed E-state index contributed by atoms with van der Waals surface area (Å²) in [5, 5.41) is 2.33. The van der Waals surface area contributed by atoms with Crippen LogP contribution in [-0.2, 0) is 11.0 Å². The Balaban J connectivity index is 1.51. The molecule has 0 saturated carbocycles. The molecule has 1 aliphatic rings. The molecule has 0 bridgehead atoms. The third-order valence-electron chi connectivity index (χ3n) is 4.34. The molecule has 1 N–H and O–H groups in total. The van der Waals surface area contributed by atoms with Crippen LogP contribution < -0.4 is 10.2 Å². The van der Waals surface area contributed by atoms with Gasteiger partial charge in [0.25, 0.3) is 0 Å². The SMILES string of the molecule is O=C(CN1CCN(c2ccc(C(F)(F)F)cn2)CC1)Nc1cc(F)ccc1F. The van der Waals surface area contributed by atoms with Gasteiger partial charge in [0, 0.05) is 38.4 Å². The van der Waals surface area contributed by atoms with Gasteiger partial charge >= 0.3 is 6.18 Å². The third kappa shape index (κ3) is 4.94. The highest BCUT2D eigenvalue weighted by Crippen LogP contribution is 2.29. The minimum atomic E-state index is -4.43. The van der Waals surface area contributed by atoms with Gasteiger partial charge in [0.05, 0.1) is 17.8 Å². The van der Waals surface area contributed by atoms with E-state index in [1.165, 1.54) is 6.07 Å². The van der Waals surface area contributed by atoms with Gasteiger partial charge in [-0.05, 0) is 24.3 Å². The van der Waals surface area contributed by atoms with Crippen LogP contribution in [-0.4, -0.2) is 48.5 Å². The number of hydrogen-bond acceptors (Lipinski definition) is 4. The monoisotopic (exact) mass is 400 g/mol. The van der Waals surface area contributed by atoms with E-state index in [0.29, 0.717) is 32.0 Å². The van der Waals surface area contributed by atoms with Crippen LogP contribution in [0.1, 0.15) is 5.56 Å². The fraction of sp³-hybridized carbons (Fsp3) is 0.333. The summed E-state index contributed by atoms with van der Waals surface area (Å²) in [4.78, 5) is 19.5. The molecule has 1 amide bonds. The summed E-state index contributed by atoms with van der Waals surface area (Å²) in [5.41, 5.74) is -1.03. The Hall–Kier alpha value is -2.75. The zero-order valence-corrected chi connectivity index (χ0v) is 14.6. The maximum absolute atomic E-state index is 13.6. The summed E-state index contributed by atoms with van der Waals surface area (Å²) in [6.07, 6.45) is -3.64. The molecule has 0 radical (unpaired) electrons. The largest absolute Gasteiger partial charge is 0.417 e. The Morgan fingerprint density at radius 2 is 1.79 bits per heavy atom. The van der Waals surface area contributed by atoms with Crippen LogP contribution in [0.25, 0.3) is 0 Å². The van der Waals surface area contributed by atoms with Crippen LogP contribution in [0.2, 0.25) is 0 Å². The number of amides is 1. The van der Waals surface area contributed by atoms with Gasteiger partial charge < -0.3 is 10.2 Å². The first kappa shape index (κ1) is 20.0. The minimum absolute atomic E-state index is 0.00969. The topological polar surface area (TPSA) is 48.5 Å². The number of nitrogens with one attached hydrogen (secondary N) is 1. The van der Waals surface area contributed by atoms with Gasteiger partial charge in [0.2, 0.25) is 5.91 Å². The van der Waals surface area contributed by atoms with Gasteiger partial charge in [-0.3, -0.25) is 9.69 Å². The number of aromatic nitrogens is 1. The minimum Gasteiger partial charge on any atom is -0.354 e. The van der Waals surface area contributed by atoms with Gasteiger partial charge in [0.1, 0.15) is 17.5 Å². The summed E-state index contributed by atoms with van der Waals surface area (Å²) in [7, 11) is 0. The summed E-state index contributed by atoms with van der Waals surface area (Å²) in [5.74, 6) is -1.44. The van der Waals surface area contributed by atoms with E-state index < -0.39 is 29.3 Å². The number of halogens is 5. The van der Waals surface area contributed by atoms with Gasteiger partial charge in [-0.2, -0.15) is 13.2 Å². The summed E-state index contributed by atoms with van der Waals surface area (Å²) < 4.78 is 64.5. The van der Waals surface area contributed by atoms with Crippen molar-refractivity contribution in [1.82, 2.24) is 9.88 Å². The van der Waals surface area contributed by atoms with Crippen LogP contribution in [0.3, 0.4) is 0 Å². The predicted octanol–water partition coefficient (Wildman–Crippen LogP) is 3.14. The van der Waals surface area contributed by atoms with Crippen molar-refractivity contribution >= 4 is 17.4 Å². The molecule has 0 spiro atoms. The second kappa shape index (κ2) is 8.09. The maximum Gasteiger partial charge on any atom is 0.417 e. The summed E-state index contributed by atoms with van der Waals surface area (Å²) >= 11 is 0. The van der Waals surface area contributed by atoms with E-state index >= 15 is 0 Å². The van der Waals surface area contributed by atoms with Gasteiger partial charge in [-0.1, -0.05) is 0 Å². The van der Waals surface area contributed by atoms with Crippen molar-refractivity contribution in [3.63, 3.8) is 0 Å². The molecule has 3 rings (SSSR count). The molecule has 1 saturated heterocycles. The van der Waals surface area contributed by atoms with Crippen molar-refractivity contribution in [2.45, 2.75) is 6.18 Å². The van der Waals surface area contributed by atoms with Gasteiger partial charge in [-0.25, -0.2) is 13.8 Å². The Morgan fingerprint density at radius 1 is 1.07 bits per heavy atom. The van der Waals surface area contributed by atoms with Crippen LogP contribution in [0.15, 0.2) is 36.5 Å². The van der Waals surface area contributed by atoms with E-state index in [1.54, 1.807) is 0 Å². The number of pyridine rings is 1. The molecule has 1 aromatic heterocycles. The number of benzene rings is 1. The maximum atomic E-state index is 13.6. The number of piperazine rings is 1. The van der Waals surface area contributed by atoms with Crippen molar-refractivity contribution < 1.29 is 26.7 Å². The average molecular weight is 400 g/mol. The highest BCUT2D eigenvalue weighted by Gasteiger charge is 2.31. The Bertz CT molecular complexity index is 833. The molecule has 2 aromatic rings. The highest BCUT2D eigenvalue weighted by molar-refractivity contribution is 5.92. The van der Waals surface area contributed by atoms with Crippen molar-refractivity contribution in [2.24, 2.45) is 0 Å². The number of alkyl halides is 3. The Morgan fingerprint density at radius 3 is 2.39 bits per heavy atom. The van der Waals surface area contributed by atoms with Crippen LogP contribution in [0.5, 0.6) is 0 Å². The van der Waals surface area contributed by atoms with Crippen molar-refractivity contribution in [3.8, 4) is 0 Å². The lowest BCUT2D eigenvalue weighted by Crippen LogP contribution is -2.49. The molecule has 0 unspecified atom stereocenters. The second-order valence-corrected chi connectivity index (χ2v) is 6.34. The number of carbonyl (C=O) groups excluding carboxylic acids is 1. The van der Waals surface area contributed by atoms with Crippen molar-refractivity contribution in [3.05, 3.63) is 53.7 Å². The fourth-order valence-electron chi connectivity index (χ4n) is 2.86. The molecular formula is C18H17F5N4O. The lowest BCUT2D eigenvalue weighted by atomic mass is 10.2. The van der Waals surface area contributed by atoms with E-state index in [0.717, 1.165) is 30.5 Å². The lowest BCUT2D eigenvalue weighted by Gasteiger charge is -2.35. The van der Waals surface area contributed by atoms with Crippen LogP contribution >= 0.6 is 0 Å². The molecular weight excluding hydrogens is 383 g/mol. The second-order valence-electron chi connectivity index (χ2n) is 6.34. The third-order valence-corrected chi connectivity index (χ3v) is 4.34. The van der Waals surface area contributed by atoms with E-state index in [-0.39, 0.29) is 12.2 Å². The van der Waals surface area contributed by atoms with Crippen LogP contribution in [0, 0.1) is 11.6 Å². The van der Waals surface area contributed by atoms with Gasteiger partial charge in [-0.15, -0.1) is 0 Å². The standard InChI is InChI=1S/C18H17F5N4O/c19-13-2-3-14(20)15(9-13)25-17(28)11-26-5-7-27(8-6-26)16-4-1-12(10-24-16)18(21,22)23/h1-4,9-10H,5-8,11H2,(H,25,28). The fourth-order valence-corrected chi connectivity index (χ4v) is 2.86. The molecule has 10 heteroatoms. The first-order chi connectivity index (χ1) is 13.2. The zero-order chi connectivity index (χ0) is 20.3. The summed E-state index contributed by atoms with van der Waals surface area (Å²) in [6, 6.07) is 5.09. The summed E-state index contributed by atoms with van der Waals surface area (Å²) in [6.45, 7) is 1.88. The number of carbonyl (C=O) groups is 1. The first-order valence-electron chi connectivity index (χ1n) is 8.48. The zero-order valence-electron chi connectivity index (χ0n) is 14.6. The smallest absolute Gasteiger partial charge is 0.354 e. The first-order valence-corrected chi connectivity index (χ1v) is 8.48. The number of hydrogen-bond donors (Lipinski definition) is 1. The molecule has 1 fully saturated rings. The van der Waals surface area contributed by atoms with Crippen molar-refractivity contribution in [2.75, 3.05) is 42.9 Å². The molecule has 1 aromatic carbocycles. The normalized spacial score (nSPS) is 15.5. The van der Waals surface area contributed by atoms with Gasteiger partial charge in [0.15, 0.2) is 0 Å².